The Morgan fingerprint density at radius 3 is 2.31 bits per heavy atom. The van der Waals surface area contributed by atoms with E-state index >= 15 is 0 Å². The van der Waals surface area contributed by atoms with Crippen molar-refractivity contribution in [3.8, 4) is 0 Å². The van der Waals surface area contributed by atoms with Crippen LogP contribution >= 0.6 is 12.6 Å². The van der Waals surface area contributed by atoms with Crippen LogP contribution in [0.3, 0.4) is 0 Å². The number of amides is 3. The minimum atomic E-state index is -1.27. The van der Waals surface area contributed by atoms with Gasteiger partial charge in [-0.2, -0.15) is 12.6 Å². The van der Waals surface area contributed by atoms with E-state index in [1.54, 1.807) is 0 Å². The van der Waals surface area contributed by atoms with Gasteiger partial charge < -0.3 is 27.2 Å². The number of thiol groups is 1. The van der Waals surface area contributed by atoms with Crippen molar-refractivity contribution in [2.24, 2.45) is 11.5 Å². The van der Waals surface area contributed by atoms with Crippen molar-refractivity contribution in [2.75, 3.05) is 5.75 Å². The van der Waals surface area contributed by atoms with Crippen molar-refractivity contribution in [2.45, 2.75) is 37.6 Å². The molecular formula is C20H26N4O4S. The molecule has 156 valence electrons. The van der Waals surface area contributed by atoms with E-state index in [0.29, 0.717) is 0 Å². The second kappa shape index (κ2) is 10.2. The lowest BCUT2D eigenvalue weighted by Crippen LogP contribution is -2.58. The van der Waals surface area contributed by atoms with Crippen LogP contribution in [0.2, 0.25) is 0 Å². The number of aliphatic hydroxyl groups excluding tert-OH is 1. The van der Waals surface area contributed by atoms with Gasteiger partial charge in [-0.15, -0.1) is 0 Å². The Balaban J connectivity index is 1.99. The molecule has 0 aromatic heterocycles. The quantitative estimate of drug-likeness (QED) is 0.303. The Labute approximate surface area is 174 Å². The number of hydrogen-bond donors (Lipinski definition) is 6. The number of fused-ring (bicyclic) bond motifs is 1. The molecule has 9 heteroatoms. The van der Waals surface area contributed by atoms with Crippen LogP contribution in [0.25, 0.3) is 10.8 Å². The summed E-state index contributed by atoms with van der Waals surface area (Å²) in [6, 6.07) is 10.5. The van der Waals surface area contributed by atoms with Crippen molar-refractivity contribution in [1.82, 2.24) is 10.6 Å². The van der Waals surface area contributed by atoms with Gasteiger partial charge in [-0.25, -0.2) is 0 Å². The largest absolute Gasteiger partial charge is 0.391 e. The van der Waals surface area contributed by atoms with E-state index in [-0.39, 0.29) is 12.2 Å². The minimum Gasteiger partial charge on any atom is -0.391 e. The molecule has 0 heterocycles. The molecule has 0 fully saturated rings. The lowest BCUT2D eigenvalue weighted by atomic mass is 10.0. The van der Waals surface area contributed by atoms with Gasteiger partial charge in [0.1, 0.15) is 12.1 Å². The van der Waals surface area contributed by atoms with E-state index in [1.165, 1.54) is 6.92 Å². The van der Waals surface area contributed by atoms with Gasteiger partial charge in [0.05, 0.1) is 12.1 Å². The molecule has 4 atom stereocenters. The third kappa shape index (κ3) is 6.18. The van der Waals surface area contributed by atoms with Crippen LogP contribution in [-0.4, -0.2) is 52.8 Å². The van der Waals surface area contributed by atoms with Gasteiger partial charge in [0.2, 0.25) is 17.7 Å². The number of carbonyl (C=O) groups excluding carboxylic acids is 3. The minimum absolute atomic E-state index is 0.0223. The van der Waals surface area contributed by atoms with E-state index in [1.807, 2.05) is 42.5 Å². The number of nitrogens with one attached hydrogen (secondary N) is 2. The Morgan fingerprint density at radius 2 is 1.72 bits per heavy atom. The maximum Gasteiger partial charge on any atom is 0.244 e. The van der Waals surface area contributed by atoms with Gasteiger partial charge in [-0.3, -0.25) is 14.4 Å². The summed E-state index contributed by atoms with van der Waals surface area (Å²) in [4.78, 5) is 36.1. The highest BCUT2D eigenvalue weighted by molar-refractivity contribution is 7.80. The highest BCUT2D eigenvalue weighted by atomic mass is 32.1. The molecule has 0 saturated heterocycles. The number of carbonyl (C=O) groups is 3. The van der Waals surface area contributed by atoms with Gasteiger partial charge in [-0.05, 0) is 29.7 Å². The monoisotopic (exact) mass is 418 g/mol. The fourth-order valence-electron chi connectivity index (χ4n) is 2.87. The highest BCUT2D eigenvalue weighted by Crippen LogP contribution is 2.16. The zero-order valence-electron chi connectivity index (χ0n) is 16.0. The Bertz CT molecular complexity index is 890. The van der Waals surface area contributed by atoms with Gasteiger partial charge in [0.25, 0.3) is 0 Å². The zero-order valence-corrected chi connectivity index (χ0v) is 16.9. The summed E-state index contributed by atoms with van der Waals surface area (Å²) >= 11 is 4.07. The summed E-state index contributed by atoms with van der Waals surface area (Å²) in [6.45, 7) is 1.32. The molecule has 0 aliphatic carbocycles. The Hall–Kier alpha value is -2.62. The molecule has 0 spiro atoms. The van der Waals surface area contributed by atoms with Crippen LogP contribution in [0, 0.1) is 0 Å². The van der Waals surface area contributed by atoms with Crippen LogP contribution in [-0.2, 0) is 20.8 Å². The average Bonchev–Trinajstić information content (AvgIpc) is 2.69. The first-order chi connectivity index (χ1) is 13.7. The number of benzene rings is 2. The highest BCUT2D eigenvalue weighted by Gasteiger charge is 2.28. The van der Waals surface area contributed by atoms with E-state index in [9.17, 15) is 19.5 Å². The molecule has 0 saturated carbocycles. The smallest absolute Gasteiger partial charge is 0.244 e. The molecule has 8 nitrogen and oxygen atoms in total. The predicted molar refractivity (Wildman–Crippen MR) is 114 cm³/mol. The number of primary amides is 1. The molecular weight excluding hydrogens is 392 g/mol. The Morgan fingerprint density at radius 1 is 1.07 bits per heavy atom. The van der Waals surface area contributed by atoms with E-state index in [0.717, 1.165) is 16.3 Å². The molecule has 2 aromatic rings. The van der Waals surface area contributed by atoms with Crippen molar-refractivity contribution >= 4 is 41.1 Å². The molecule has 0 unspecified atom stereocenters. The summed E-state index contributed by atoms with van der Waals surface area (Å²) < 4.78 is 0. The first-order valence-electron chi connectivity index (χ1n) is 9.15. The standard InChI is InChI=1S/C20H26N4O4S/c1-11(25)17(18(22)26)24-20(28)16(10-29)23-19(27)15(21)9-12-6-7-13-4-2-3-5-14(13)8-12/h2-8,11,15-17,25,29H,9-10,21H2,1H3,(H2,22,26)(H,23,27)(H,24,28)/t11-,15-,16+,17+/m1/s1. The number of aliphatic hydroxyl groups is 1. The van der Waals surface area contributed by atoms with Crippen molar-refractivity contribution in [3.05, 3.63) is 48.0 Å². The molecule has 3 amide bonds. The van der Waals surface area contributed by atoms with Crippen molar-refractivity contribution in [3.63, 3.8) is 0 Å². The maximum atomic E-state index is 12.4. The summed E-state index contributed by atoms with van der Waals surface area (Å²) in [7, 11) is 0. The molecule has 0 radical (unpaired) electrons. The third-order valence-electron chi connectivity index (χ3n) is 4.51. The predicted octanol–water partition coefficient (Wildman–Crippen LogP) is -0.525. The lowest BCUT2D eigenvalue weighted by Gasteiger charge is -2.23. The van der Waals surface area contributed by atoms with Crippen LogP contribution in [0.4, 0.5) is 0 Å². The lowest BCUT2D eigenvalue weighted by molar-refractivity contribution is -0.132. The molecule has 0 aliphatic rings. The zero-order chi connectivity index (χ0) is 21.6. The molecule has 0 bridgehead atoms. The number of nitrogens with two attached hydrogens (primary N) is 2. The van der Waals surface area contributed by atoms with E-state index < -0.39 is 42.0 Å². The summed E-state index contributed by atoms with van der Waals surface area (Å²) in [6.07, 6.45) is -0.891. The van der Waals surface area contributed by atoms with Gasteiger partial charge in [0.15, 0.2) is 0 Å². The molecule has 29 heavy (non-hydrogen) atoms. The van der Waals surface area contributed by atoms with Crippen LogP contribution < -0.4 is 22.1 Å². The molecule has 0 aliphatic heterocycles. The fraction of sp³-hybridized carbons (Fsp3) is 0.350. The average molecular weight is 419 g/mol. The van der Waals surface area contributed by atoms with E-state index in [4.69, 9.17) is 11.5 Å². The second-order valence-corrected chi connectivity index (χ2v) is 7.23. The summed E-state index contributed by atoms with van der Waals surface area (Å²) in [5.74, 6) is -2.12. The van der Waals surface area contributed by atoms with Gasteiger partial charge in [0, 0.05) is 5.75 Å². The topological polar surface area (TPSA) is 148 Å². The molecule has 2 aromatic carbocycles. The maximum absolute atomic E-state index is 12.4. The second-order valence-electron chi connectivity index (χ2n) is 6.87. The molecule has 2 rings (SSSR count). The number of hydrogen-bond acceptors (Lipinski definition) is 6. The van der Waals surface area contributed by atoms with Crippen LogP contribution in [0.15, 0.2) is 42.5 Å². The Kier molecular flexibility index (Phi) is 8.00. The normalized spacial score (nSPS) is 15.2. The summed E-state index contributed by atoms with van der Waals surface area (Å²) in [5, 5.41) is 16.5. The SMILES string of the molecule is C[C@@H](O)[C@H](NC(=O)[C@H](CS)NC(=O)[C@H](N)Cc1ccc2ccccc2c1)C(N)=O. The van der Waals surface area contributed by atoms with Crippen LogP contribution in [0.1, 0.15) is 12.5 Å². The molecule has 7 N–H and O–H groups in total. The first-order valence-corrected chi connectivity index (χ1v) is 9.78. The number of rotatable bonds is 9. The van der Waals surface area contributed by atoms with Crippen LogP contribution in [0.5, 0.6) is 0 Å². The van der Waals surface area contributed by atoms with Crippen molar-refractivity contribution in [1.29, 1.82) is 0 Å². The van der Waals surface area contributed by atoms with E-state index in [2.05, 4.69) is 23.3 Å². The summed E-state index contributed by atoms with van der Waals surface area (Å²) in [5.41, 5.74) is 12.1. The van der Waals surface area contributed by atoms with Gasteiger partial charge in [-0.1, -0.05) is 42.5 Å². The first kappa shape index (κ1) is 22.7. The van der Waals surface area contributed by atoms with Crippen molar-refractivity contribution < 1.29 is 19.5 Å². The fourth-order valence-corrected chi connectivity index (χ4v) is 3.13. The third-order valence-corrected chi connectivity index (χ3v) is 4.87. The van der Waals surface area contributed by atoms with Gasteiger partial charge >= 0.3 is 0 Å².